The minimum atomic E-state index is -4.40. The molecule has 18 heavy (non-hydrogen) atoms. The lowest BCUT2D eigenvalue weighted by Crippen LogP contribution is -2.30. The van der Waals surface area contributed by atoms with Crippen molar-refractivity contribution in [1.82, 2.24) is 4.98 Å². The normalized spacial score (nSPS) is 19.8. The summed E-state index contributed by atoms with van der Waals surface area (Å²) in [4.78, 5) is 3.83. The second kappa shape index (κ2) is 5.14. The zero-order chi connectivity index (χ0) is 13.3. The molecule has 2 atom stereocenters. The van der Waals surface area contributed by atoms with E-state index in [1.54, 1.807) is 0 Å². The van der Waals surface area contributed by atoms with Crippen molar-refractivity contribution in [2.24, 2.45) is 11.7 Å². The van der Waals surface area contributed by atoms with E-state index >= 15 is 0 Å². The van der Waals surface area contributed by atoms with Crippen LogP contribution in [0, 0.1) is 5.92 Å². The van der Waals surface area contributed by atoms with Crippen molar-refractivity contribution in [1.29, 1.82) is 0 Å². The summed E-state index contributed by atoms with van der Waals surface area (Å²) in [7, 11) is 0. The van der Waals surface area contributed by atoms with Crippen molar-refractivity contribution >= 4 is 11.3 Å². The Balaban J connectivity index is 2.11. The van der Waals surface area contributed by atoms with Crippen LogP contribution in [0.15, 0.2) is 6.20 Å². The zero-order valence-corrected chi connectivity index (χ0v) is 10.7. The average Bonchev–Trinajstić information content (AvgIpc) is 2.99. The molecule has 0 aliphatic heterocycles. The third kappa shape index (κ3) is 3.02. The van der Waals surface area contributed by atoms with Crippen LogP contribution >= 0.6 is 11.3 Å². The molecule has 1 heterocycles. The van der Waals surface area contributed by atoms with Crippen molar-refractivity contribution in [3.8, 4) is 0 Å². The quantitative estimate of drug-likeness (QED) is 0.902. The van der Waals surface area contributed by atoms with Crippen LogP contribution in [-0.2, 0) is 10.9 Å². The Morgan fingerprint density at radius 1 is 1.56 bits per heavy atom. The Bertz CT molecular complexity index is 403. The number of hydrogen-bond donors (Lipinski definition) is 1. The molecule has 1 aliphatic carbocycles. The van der Waals surface area contributed by atoms with Gasteiger partial charge in [-0.3, -0.25) is 0 Å². The molecular weight excluding hydrogens is 265 g/mol. The zero-order valence-electron chi connectivity index (χ0n) is 9.91. The van der Waals surface area contributed by atoms with E-state index in [1.165, 1.54) is 6.20 Å². The molecular formula is C11H15F3N2OS. The summed E-state index contributed by atoms with van der Waals surface area (Å²) < 4.78 is 42.9. The maximum absolute atomic E-state index is 12.5. The molecule has 0 amide bonds. The Morgan fingerprint density at radius 2 is 2.22 bits per heavy atom. The summed E-state index contributed by atoms with van der Waals surface area (Å²) in [6, 6.07) is -0.522. The monoisotopic (exact) mass is 280 g/mol. The molecule has 0 bridgehead atoms. The molecule has 0 saturated heterocycles. The van der Waals surface area contributed by atoms with Gasteiger partial charge in [-0.1, -0.05) is 0 Å². The Morgan fingerprint density at radius 3 is 2.67 bits per heavy atom. The van der Waals surface area contributed by atoms with Crippen LogP contribution in [0.2, 0.25) is 0 Å². The Kier molecular flexibility index (Phi) is 3.93. The van der Waals surface area contributed by atoms with Gasteiger partial charge >= 0.3 is 6.18 Å². The summed E-state index contributed by atoms with van der Waals surface area (Å²) in [5, 5.41) is -0.848. The van der Waals surface area contributed by atoms with E-state index in [-0.39, 0.29) is 6.10 Å². The molecule has 102 valence electrons. The summed E-state index contributed by atoms with van der Waals surface area (Å²) >= 11 is 0.606. The fourth-order valence-electron chi connectivity index (χ4n) is 1.88. The van der Waals surface area contributed by atoms with Gasteiger partial charge in [-0.05, 0) is 25.7 Å². The number of nitrogens with zero attached hydrogens (tertiary/aromatic N) is 1. The number of hydrogen-bond acceptors (Lipinski definition) is 4. The second-order valence-electron chi connectivity index (χ2n) is 4.35. The third-order valence-corrected chi connectivity index (χ3v) is 4.04. The average molecular weight is 280 g/mol. The lowest BCUT2D eigenvalue weighted by Gasteiger charge is -2.22. The van der Waals surface area contributed by atoms with Gasteiger partial charge in [-0.25, -0.2) is 4.98 Å². The molecule has 0 radical (unpaired) electrons. The number of aromatic nitrogens is 1. The summed E-state index contributed by atoms with van der Waals surface area (Å²) in [5.74, 6) is 0.372. The van der Waals surface area contributed by atoms with E-state index in [4.69, 9.17) is 10.5 Å². The molecule has 1 fully saturated rings. The molecule has 2 N–H and O–H groups in total. The van der Waals surface area contributed by atoms with Gasteiger partial charge < -0.3 is 10.5 Å². The number of ether oxygens (including phenoxy) is 1. The van der Waals surface area contributed by atoms with E-state index in [2.05, 4.69) is 4.98 Å². The highest BCUT2D eigenvalue weighted by Crippen LogP contribution is 2.41. The first kappa shape index (κ1) is 13.8. The van der Waals surface area contributed by atoms with Crippen molar-refractivity contribution in [3.63, 3.8) is 0 Å². The molecule has 1 aliphatic rings. The van der Waals surface area contributed by atoms with Crippen LogP contribution in [0.4, 0.5) is 13.2 Å². The SMILES string of the molecule is CCOC(C1CC1)C(N)c1cnc(C(F)(F)F)s1. The molecule has 7 heteroatoms. The topological polar surface area (TPSA) is 48.1 Å². The van der Waals surface area contributed by atoms with Crippen LogP contribution in [-0.4, -0.2) is 17.7 Å². The van der Waals surface area contributed by atoms with Crippen molar-refractivity contribution < 1.29 is 17.9 Å². The minimum Gasteiger partial charge on any atom is -0.376 e. The number of rotatable bonds is 5. The van der Waals surface area contributed by atoms with Gasteiger partial charge in [0.05, 0.1) is 12.1 Å². The van der Waals surface area contributed by atoms with Gasteiger partial charge in [0.25, 0.3) is 0 Å². The maximum Gasteiger partial charge on any atom is 0.443 e. The maximum atomic E-state index is 12.5. The standard InChI is InChI=1S/C11H15F3N2OS/c1-2-17-9(6-3-4-6)8(15)7-5-16-10(18-7)11(12,13)14/h5-6,8-9H,2-4,15H2,1H3. The number of halogens is 3. The lowest BCUT2D eigenvalue weighted by atomic mass is 10.1. The molecule has 0 spiro atoms. The molecule has 2 unspecified atom stereocenters. The minimum absolute atomic E-state index is 0.198. The number of nitrogens with two attached hydrogens (primary N) is 1. The van der Waals surface area contributed by atoms with Gasteiger partial charge in [-0.2, -0.15) is 13.2 Å². The smallest absolute Gasteiger partial charge is 0.376 e. The van der Waals surface area contributed by atoms with E-state index in [9.17, 15) is 13.2 Å². The Hall–Kier alpha value is -0.660. The third-order valence-electron chi connectivity index (χ3n) is 2.89. The van der Waals surface area contributed by atoms with Gasteiger partial charge in [0.15, 0.2) is 5.01 Å². The van der Waals surface area contributed by atoms with Crippen molar-refractivity contribution in [3.05, 3.63) is 16.1 Å². The van der Waals surface area contributed by atoms with Gasteiger partial charge in [0.2, 0.25) is 0 Å². The fraction of sp³-hybridized carbons (Fsp3) is 0.727. The molecule has 3 nitrogen and oxygen atoms in total. The summed E-state index contributed by atoms with van der Waals surface area (Å²) in [6.45, 7) is 2.37. The van der Waals surface area contributed by atoms with Crippen molar-refractivity contribution in [2.75, 3.05) is 6.61 Å². The van der Waals surface area contributed by atoms with Gasteiger partial charge in [0.1, 0.15) is 0 Å². The highest BCUT2D eigenvalue weighted by atomic mass is 32.1. The van der Waals surface area contributed by atoms with Crippen LogP contribution in [0.3, 0.4) is 0 Å². The number of thiazole rings is 1. The highest BCUT2D eigenvalue weighted by molar-refractivity contribution is 7.11. The van der Waals surface area contributed by atoms with Gasteiger partial charge in [-0.15, -0.1) is 11.3 Å². The first-order valence-corrected chi connectivity index (χ1v) is 6.65. The number of alkyl halides is 3. The van der Waals surface area contributed by atoms with Crippen molar-refractivity contribution in [2.45, 2.75) is 38.1 Å². The fourth-order valence-corrected chi connectivity index (χ4v) is 2.70. The second-order valence-corrected chi connectivity index (χ2v) is 5.41. The van der Waals surface area contributed by atoms with Gasteiger partial charge in [0, 0.05) is 17.7 Å². The molecule has 1 aromatic heterocycles. The molecule has 2 rings (SSSR count). The van der Waals surface area contributed by atoms with Crippen LogP contribution in [0.25, 0.3) is 0 Å². The molecule has 1 aromatic rings. The van der Waals surface area contributed by atoms with Crippen LogP contribution in [0.1, 0.15) is 35.7 Å². The highest BCUT2D eigenvalue weighted by Gasteiger charge is 2.39. The van der Waals surface area contributed by atoms with E-state index in [1.807, 2.05) is 6.92 Å². The summed E-state index contributed by atoms with van der Waals surface area (Å²) in [5.41, 5.74) is 6.00. The van der Waals surface area contributed by atoms with Crippen LogP contribution < -0.4 is 5.73 Å². The largest absolute Gasteiger partial charge is 0.443 e. The molecule has 1 saturated carbocycles. The molecule has 0 aromatic carbocycles. The predicted octanol–water partition coefficient (Wildman–Crippen LogP) is 2.98. The van der Waals surface area contributed by atoms with E-state index < -0.39 is 17.2 Å². The van der Waals surface area contributed by atoms with E-state index in [0.29, 0.717) is 28.7 Å². The van der Waals surface area contributed by atoms with E-state index in [0.717, 1.165) is 12.8 Å². The first-order valence-electron chi connectivity index (χ1n) is 5.83. The first-order chi connectivity index (χ1) is 8.43. The van der Waals surface area contributed by atoms with Crippen LogP contribution in [0.5, 0.6) is 0 Å². The Labute approximate surface area is 107 Å². The lowest BCUT2D eigenvalue weighted by molar-refractivity contribution is -0.137. The summed E-state index contributed by atoms with van der Waals surface area (Å²) in [6.07, 6.45) is -1.32. The predicted molar refractivity (Wildman–Crippen MR) is 62.2 cm³/mol.